The van der Waals surface area contributed by atoms with Crippen LogP contribution in [0.5, 0.6) is 5.75 Å². The van der Waals surface area contributed by atoms with E-state index in [-0.39, 0.29) is 12.3 Å². The Morgan fingerprint density at radius 2 is 1.83 bits per heavy atom. The van der Waals surface area contributed by atoms with Crippen LogP contribution in [0.2, 0.25) is 0 Å². The lowest BCUT2D eigenvalue weighted by Crippen LogP contribution is -2.34. The molecule has 1 unspecified atom stereocenters. The zero-order valence-corrected chi connectivity index (χ0v) is 21.9. The van der Waals surface area contributed by atoms with Crippen LogP contribution in [0.1, 0.15) is 73.6 Å². The normalized spacial score (nSPS) is 14.8. The SMILES string of the molecule is COc1cc(C(CC(=O)O)c2ccc(C)c(CN(CC3CCCCC3)C(C)=O)c2)cc(N)c1N(C)N. The first-order valence-electron chi connectivity index (χ1n) is 12.6. The fourth-order valence-corrected chi connectivity index (χ4v) is 5.26. The minimum absolute atomic E-state index is 0.0615. The number of carbonyl (C=O) groups is 2. The molecule has 2 aromatic carbocycles. The summed E-state index contributed by atoms with van der Waals surface area (Å²) in [6.45, 7) is 4.92. The van der Waals surface area contributed by atoms with Crippen LogP contribution in [-0.2, 0) is 16.1 Å². The number of ether oxygens (including phenoxy) is 1. The number of nitrogens with zero attached hydrogens (tertiary/aromatic N) is 2. The van der Waals surface area contributed by atoms with Gasteiger partial charge in [0, 0.05) is 33.0 Å². The fourth-order valence-electron chi connectivity index (χ4n) is 5.26. The number of hydrazine groups is 1. The molecule has 0 radical (unpaired) electrons. The fraction of sp³-hybridized carbons (Fsp3) is 0.500. The second-order valence-corrected chi connectivity index (χ2v) is 10.0. The molecule has 3 rings (SSSR count). The molecule has 1 atom stereocenters. The van der Waals surface area contributed by atoms with Crippen LogP contribution >= 0.6 is 0 Å². The number of anilines is 2. The molecule has 8 nitrogen and oxygen atoms in total. The number of nitrogens with two attached hydrogens (primary N) is 2. The summed E-state index contributed by atoms with van der Waals surface area (Å²) >= 11 is 0. The van der Waals surface area contributed by atoms with Gasteiger partial charge in [0.1, 0.15) is 11.4 Å². The van der Waals surface area contributed by atoms with Gasteiger partial charge in [-0.2, -0.15) is 0 Å². The van der Waals surface area contributed by atoms with Gasteiger partial charge in [-0.3, -0.25) is 9.59 Å². The molecule has 5 N–H and O–H groups in total. The lowest BCUT2D eigenvalue weighted by Gasteiger charge is -2.30. The van der Waals surface area contributed by atoms with E-state index in [1.807, 2.05) is 30.0 Å². The topological polar surface area (TPSA) is 122 Å². The summed E-state index contributed by atoms with van der Waals surface area (Å²) in [6, 6.07) is 9.55. The number of hydrogen-bond acceptors (Lipinski definition) is 6. The zero-order valence-electron chi connectivity index (χ0n) is 21.9. The number of hydrogen-bond donors (Lipinski definition) is 3. The molecule has 36 heavy (non-hydrogen) atoms. The lowest BCUT2D eigenvalue weighted by molar-refractivity contribution is -0.137. The molecule has 1 fully saturated rings. The van der Waals surface area contributed by atoms with Gasteiger partial charge in [0.05, 0.1) is 19.2 Å². The van der Waals surface area contributed by atoms with Crippen molar-refractivity contribution >= 4 is 23.3 Å². The van der Waals surface area contributed by atoms with Crippen LogP contribution in [0.15, 0.2) is 30.3 Å². The molecule has 1 aliphatic rings. The maximum absolute atomic E-state index is 12.5. The number of rotatable bonds is 10. The van der Waals surface area contributed by atoms with Gasteiger partial charge < -0.3 is 25.5 Å². The van der Waals surface area contributed by atoms with Gasteiger partial charge in [0.2, 0.25) is 5.91 Å². The summed E-state index contributed by atoms with van der Waals surface area (Å²) < 4.78 is 5.52. The Morgan fingerprint density at radius 1 is 1.14 bits per heavy atom. The first-order valence-corrected chi connectivity index (χ1v) is 12.6. The maximum atomic E-state index is 12.5. The number of benzene rings is 2. The number of methoxy groups -OCH3 is 1. The molecule has 2 aromatic rings. The molecule has 0 bridgehead atoms. The average molecular weight is 497 g/mol. The Bertz CT molecular complexity index is 1080. The molecule has 0 aliphatic heterocycles. The summed E-state index contributed by atoms with van der Waals surface area (Å²) in [5.74, 6) is 5.65. The molecule has 0 heterocycles. The van der Waals surface area contributed by atoms with Gasteiger partial charge in [0.25, 0.3) is 0 Å². The Morgan fingerprint density at radius 3 is 2.42 bits per heavy atom. The highest BCUT2D eigenvalue weighted by Gasteiger charge is 2.24. The van der Waals surface area contributed by atoms with Crippen LogP contribution in [0.25, 0.3) is 0 Å². The predicted molar refractivity (Wildman–Crippen MR) is 143 cm³/mol. The van der Waals surface area contributed by atoms with Crippen molar-refractivity contribution in [2.75, 3.05) is 31.4 Å². The van der Waals surface area contributed by atoms with Crippen LogP contribution in [-0.4, -0.2) is 42.6 Å². The summed E-state index contributed by atoms with van der Waals surface area (Å²) in [5.41, 5.74) is 10.9. The van der Waals surface area contributed by atoms with Crippen LogP contribution in [0.3, 0.4) is 0 Å². The summed E-state index contributed by atoms with van der Waals surface area (Å²) in [4.78, 5) is 26.3. The average Bonchev–Trinajstić information content (AvgIpc) is 2.83. The standard InChI is InChI=1S/C28H40N4O4/c1-18-10-11-21(12-23(18)17-32(19(2)33)16-20-8-6-5-7-9-20)24(15-27(34)35)22-13-25(29)28(31(3)30)26(14-22)36-4/h10-14,20,24H,5-9,15-17,29-30H2,1-4H3,(H,34,35). The molecule has 0 aromatic heterocycles. The monoisotopic (exact) mass is 496 g/mol. The largest absolute Gasteiger partial charge is 0.494 e. The molecule has 8 heteroatoms. The summed E-state index contributed by atoms with van der Waals surface area (Å²) in [5, 5.41) is 11.1. The number of carboxylic acid groups (broad SMARTS) is 1. The Kier molecular flexibility index (Phi) is 9.20. The Labute approximate surface area is 214 Å². The Hall–Kier alpha value is -3.26. The third-order valence-corrected chi connectivity index (χ3v) is 7.27. The first-order chi connectivity index (χ1) is 17.1. The maximum Gasteiger partial charge on any atom is 0.304 e. The smallest absolute Gasteiger partial charge is 0.304 e. The number of nitrogen functional groups attached to an aromatic ring is 1. The van der Waals surface area contributed by atoms with Gasteiger partial charge in [-0.05, 0) is 60.1 Å². The van der Waals surface area contributed by atoms with E-state index in [1.54, 1.807) is 26.1 Å². The third kappa shape index (κ3) is 6.69. The number of carbonyl (C=O) groups excluding carboxylic acids is 1. The van der Waals surface area contributed by atoms with E-state index in [2.05, 4.69) is 0 Å². The molecule has 196 valence electrons. The lowest BCUT2D eigenvalue weighted by atomic mass is 9.86. The van der Waals surface area contributed by atoms with E-state index >= 15 is 0 Å². The zero-order chi connectivity index (χ0) is 26.4. The van der Waals surface area contributed by atoms with E-state index in [4.69, 9.17) is 16.3 Å². The highest BCUT2D eigenvalue weighted by molar-refractivity contribution is 5.77. The van der Waals surface area contributed by atoms with Crippen LogP contribution in [0, 0.1) is 12.8 Å². The Balaban J connectivity index is 1.97. The van der Waals surface area contributed by atoms with E-state index in [0.717, 1.165) is 28.8 Å². The molecular formula is C28H40N4O4. The quantitative estimate of drug-likeness (QED) is 0.253. The predicted octanol–water partition coefficient (Wildman–Crippen LogP) is 4.43. The van der Waals surface area contributed by atoms with E-state index < -0.39 is 11.9 Å². The minimum atomic E-state index is -0.914. The van der Waals surface area contributed by atoms with Gasteiger partial charge >= 0.3 is 5.97 Å². The molecule has 1 saturated carbocycles. The van der Waals surface area contributed by atoms with Crippen molar-refractivity contribution in [1.82, 2.24) is 4.90 Å². The molecule has 1 amide bonds. The van der Waals surface area contributed by atoms with Crippen molar-refractivity contribution in [2.24, 2.45) is 11.8 Å². The molecule has 0 spiro atoms. The van der Waals surface area contributed by atoms with Crippen molar-refractivity contribution in [3.8, 4) is 5.75 Å². The van der Waals surface area contributed by atoms with E-state index in [0.29, 0.717) is 29.6 Å². The van der Waals surface area contributed by atoms with Crippen molar-refractivity contribution in [1.29, 1.82) is 0 Å². The van der Waals surface area contributed by atoms with E-state index in [9.17, 15) is 14.7 Å². The number of aryl methyl sites for hydroxylation is 1. The van der Waals surface area contributed by atoms with E-state index in [1.165, 1.54) is 44.2 Å². The van der Waals surface area contributed by atoms with Crippen molar-refractivity contribution in [3.63, 3.8) is 0 Å². The number of carboxylic acids is 1. The first kappa shape index (κ1) is 27.3. The second kappa shape index (κ2) is 12.1. The summed E-state index contributed by atoms with van der Waals surface area (Å²) in [6.07, 6.45) is 5.96. The van der Waals surface area contributed by atoms with Gasteiger partial charge in [-0.1, -0.05) is 37.5 Å². The molecular weight excluding hydrogens is 456 g/mol. The minimum Gasteiger partial charge on any atom is -0.494 e. The van der Waals surface area contributed by atoms with Gasteiger partial charge in [-0.25, -0.2) is 5.84 Å². The number of amides is 1. The van der Waals surface area contributed by atoms with Gasteiger partial charge in [-0.15, -0.1) is 0 Å². The second-order valence-electron chi connectivity index (χ2n) is 10.0. The van der Waals surface area contributed by atoms with Crippen molar-refractivity contribution in [2.45, 2.75) is 64.8 Å². The molecule has 1 aliphatic carbocycles. The van der Waals surface area contributed by atoms with Crippen molar-refractivity contribution < 1.29 is 19.4 Å². The molecule has 0 saturated heterocycles. The van der Waals surface area contributed by atoms with Crippen LogP contribution in [0.4, 0.5) is 11.4 Å². The van der Waals surface area contributed by atoms with Crippen LogP contribution < -0.4 is 21.3 Å². The van der Waals surface area contributed by atoms with Crippen molar-refractivity contribution in [3.05, 3.63) is 52.6 Å². The van der Waals surface area contributed by atoms with Gasteiger partial charge in [0.15, 0.2) is 0 Å². The highest BCUT2D eigenvalue weighted by Crippen LogP contribution is 2.39. The number of aliphatic carboxylic acids is 1. The third-order valence-electron chi connectivity index (χ3n) is 7.27. The summed E-state index contributed by atoms with van der Waals surface area (Å²) in [7, 11) is 3.20. The highest BCUT2D eigenvalue weighted by atomic mass is 16.5.